The molecule has 2 aromatic heterocycles. The van der Waals surface area contributed by atoms with Gasteiger partial charge in [-0.2, -0.15) is 0 Å². The number of benzene rings is 1. The van der Waals surface area contributed by atoms with Crippen LogP contribution >= 0.6 is 0 Å². The molecular formula is C27H33N3O2. The van der Waals surface area contributed by atoms with Gasteiger partial charge in [0.15, 0.2) is 0 Å². The summed E-state index contributed by atoms with van der Waals surface area (Å²) in [5, 5.41) is 0. The maximum absolute atomic E-state index is 13.9. The second-order valence-corrected chi connectivity index (χ2v) is 9.52. The average Bonchev–Trinajstić information content (AvgIpc) is 3.20. The molecule has 0 bridgehead atoms. The summed E-state index contributed by atoms with van der Waals surface area (Å²) in [6.45, 7) is 3.09. The third-order valence-electron chi connectivity index (χ3n) is 7.44. The van der Waals surface area contributed by atoms with Gasteiger partial charge in [-0.15, -0.1) is 0 Å². The number of carbonyl (C=O) groups excluding carboxylic acids is 1. The number of fused-ring (bicyclic) bond motifs is 1. The molecule has 1 aromatic carbocycles. The van der Waals surface area contributed by atoms with Crippen LogP contribution < -0.4 is 0 Å². The van der Waals surface area contributed by atoms with Gasteiger partial charge in [0.1, 0.15) is 0 Å². The molecule has 2 aliphatic rings. The van der Waals surface area contributed by atoms with Gasteiger partial charge in [-0.1, -0.05) is 30.3 Å². The van der Waals surface area contributed by atoms with Gasteiger partial charge < -0.3 is 14.0 Å². The highest BCUT2D eigenvalue weighted by molar-refractivity contribution is 5.83. The number of aromatic nitrogens is 2. The average molecular weight is 432 g/mol. The third kappa shape index (κ3) is 4.44. The first-order chi connectivity index (χ1) is 15.7. The molecule has 2 saturated heterocycles. The van der Waals surface area contributed by atoms with Crippen LogP contribution in [0.3, 0.4) is 0 Å². The lowest BCUT2D eigenvalue weighted by Crippen LogP contribution is -2.48. The Labute approximate surface area is 190 Å². The van der Waals surface area contributed by atoms with E-state index in [1.54, 1.807) is 0 Å². The first kappa shape index (κ1) is 21.2. The predicted molar refractivity (Wildman–Crippen MR) is 125 cm³/mol. The van der Waals surface area contributed by atoms with Crippen molar-refractivity contribution in [3.63, 3.8) is 0 Å². The van der Waals surface area contributed by atoms with Crippen molar-refractivity contribution >= 4 is 11.4 Å². The fourth-order valence-electron chi connectivity index (χ4n) is 5.58. The quantitative estimate of drug-likeness (QED) is 0.596. The van der Waals surface area contributed by atoms with Crippen molar-refractivity contribution in [3.8, 4) is 0 Å². The Balaban J connectivity index is 1.28. The number of hydrogen-bond donors (Lipinski definition) is 0. The second kappa shape index (κ2) is 9.45. The fourth-order valence-corrected chi connectivity index (χ4v) is 5.58. The van der Waals surface area contributed by atoms with Crippen molar-refractivity contribution in [3.05, 3.63) is 72.3 Å². The molecule has 1 unspecified atom stereocenters. The maximum atomic E-state index is 13.9. The minimum Gasteiger partial charge on any atom is -0.381 e. The topological polar surface area (TPSA) is 46.8 Å². The number of rotatable bonds is 5. The van der Waals surface area contributed by atoms with E-state index in [9.17, 15) is 4.79 Å². The van der Waals surface area contributed by atoms with Crippen LogP contribution in [0.2, 0.25) is 0 Å². The molecule has 168 valence electrons. The van der Waals surface area contributed by atoms with Gasteiger partial charge in [0.05, 0.1) is 16.6 Å². The molecule has 5 rings (SSSR count). The van der Waals surface area contributed by atoms with Crippen molar-refractivity contribution < 1.29 is 9.53 Å². The van der Waals surface area contributed by atoms with Crippen LogP contribution in [0.15, 0.2) is 61.1 Å². The van der Waals surface area contributed by atoms with Gasteiger partial charge in [0.25, 0.3) is 0 Å². The highest BCUT2D eigenvalue weighted by atomic mass is 16.5. The van der Waals surface area contributed by atoms with Crippen LogP contribution in [0.5, 0.6) is 0 Å². The Morgan fingerprint density at radius 3 is 2.72 bits per heavy atom. The van der Waals surface area contributed by atoms with Gasteiger partial charge in [0, 0.05) is 44.9 Å². The molecule has 2 aliphatic heterocycles. The van der Waals surface area contributed by atoms with Crippen molar-refractivity contribution in [2.75, 3.05) is 26.3 Å². The van der Waals surface area contributed by atoms with Crippen LogP contribution in [0.1, 0.15) is 43.4 Å². The van der Waals surface area contributed by atoms with E-state index in [1.165, 1.54) is 16.8 Å². The van der Waals surface area contributed by atoms with Crippen molar-refractivity contribution in [2.24, 2.45) is 11.3 Å². The predicted octanol–water partition coefficient (Wildman–Crippen LogP) is 4.55. The van der Waals surface area contributed by atoms with Crippen LogP contribution in [-0.2, 0) is 22.4 Å². The molecule has 5 heteroatoms. The first-order valence-electron chi connectivity index (χ1n) is 12.1. The summed E-state index contributed by atoms with van der Waals surface area (Å²) in [7, 11) is 0. The van der Waals surface area contributed by atoms with Crippen LogP contribution in [0, 0.1) is 11.3 Å². The summed E-state index contributed by atoms with van der Waals surface area (Å²) < 4.78 is 7.80. The first-order valence-corrected chi connectivity index (χ1v) is 12.1. The van der Waals surface area contributed by atoms with E-state index in [-0.39, 0.29) is 5.41 Å². The molecule has 0 saturated carbocycles. The molecule has 2 fully saturated rings. The normalized spacial score (nSPS) is 21.4. The largest absolute Gasteiger partial charge is 0.381 e. The maximum Gasteiger partial charge on any atom is 0.229 e. The van der Waals surface area contributed by atoms with Crippen LogP contribution in [0.4, 0.5) is 0 Å². The molecule has 4 heterocycles. The summed E-state index contributed by atoms with van der Waals surface area (Å²) in [4.78, 5) is 20.7. The summed E-state index contributed by atoms with van der Waals surface area (Å²) >= 11 is 0. The van der Waals surface area contributed by atoms with Crippen LogP contribution in [0.25, 0.3) is 5.52 Å². The lowest BCUT2D eigenvalue weighted by Gasteiger charge is -2.40. The molecular weight excluding hydrogens is 398 g/mol. The van der Waals surface area contributed by atoms with Crippen molar-refractivity contribution in [1.82, 2.24) is 14.3 Å². The van der Waals surface area contributed by atoms with E-state index in [4.69, 9.17) is 4.74 Å². The molecule has 0 radical (unpaired) electrons. The molecule has 1 atom stereocenters. The van der Waals surface area contributed by atoms with E-state index in [0.717, 1.165) is 58.0 Å². The fraction of sp³-hybridized carbons (Fsp3) is 0.481. The molecule has 32 heavy (non-hydrogen) atoms. The Hall–Kier alpha value is -2.66. The number of hydrogen-bond acceptors (Lipinski definition) is 3. The third-order valence-corrected chi connectivity index (χ3v) is 7.44. The number of amides is 1. The highest BCUT2D eigenvalue weighted by Crippen LogP contribution is 2.37. The molecule has 1 amide bonds. The summed E-state index contributed by atoms with van der Waals surface area (Å²) in [6.07, 6.45) is 12.7. The number of ether oxygens (including phenoxy) is 1. The van der Waals surface area contributed by atoms with Crippen LogP contribution in [-0.4, -0.2) is 46.5 Å². The highest BCUT2D eigenvalue weighted by Gasteiger charge is 2.42. The van der Waals surface area contributed by atoms with Gasteiger partial charge in [-0.05, 0) is 68.6 Å². The Morgan fingerprint density at radius 2 is 1.88 bits per heavy atom. The molecule has 0 aliphatic carbocycles. The molecule has 3 aromatic rings. The number of nitrogens with zero attached hydrogens (tertiary/aromatic N) is 3. The van der Waals surface area contributed by atoms with E-state index < -0.39 is 0 Å². The van der Waals surface area contributed by atoms with E-state index >= 15 is 0 Å². The lowest BCUT2D eigenvalue weighted by molar-refractivity contribution is -0.148. The van der Waals surface area contributed by atoms with E-state index in [1.807, 2.05) is 18.5 Å². The van der Waals surface area contributed by atoms with E-state index in [2.05, 4.69) is 56.9 Å². The standard InChI is InChI=1S/C27H33N3O2/c31-26(27(11-18-32-19-12-27)21-23-6-2-1-3-7-23)30-15-4-8-22(10-16-30)20-24-25-9-5-14-29(25)17-13-28-24/h1-3,5-7,9,13-14,17,22H,4,8,10-12,15-16,18-21H2. The lowest BCUT2D eigenvalue weighted by atomic mass is 9.74. The second-order valence-electron chi connectivity index (χ2n) is 9.52. The summed E-state index contributed by atoms with van der Waals surface area (Å²) in [6, 6.07) is 14.7. The van der Waals surface area contributed by atoms with Gasteiger partial charge in [0.2, 0.25) is 5.91 Å². The van der Waals surface area contributed by atoms with Crippen molar-refractivity contribution in [1.29, 1.82) is 0 Å². The Morgan fingerprint density at radius 1 is 1.03 bits per heavy atom. The van der Waals surface area contributed by atoms with Gasteiger partial charge in [-0.25, -0.2) is 0 Å². The Bertz CT molecular complexity index is 1040. The number of likely N-dealkylation sites (tertiary alicyclic amines) is 1. The molecule has 0 N–H and O–H groups in total. The Kier molecular flexibility index (Phi) is 6.26. The molecule has 5 nitrogen and oxygen atoms in total. The van der Waals surface area contributed by atoms with Gasteiger partial charge in [-0.3, -0.25) is 9.78 Å². The smallest absolute Gasteiger partial charge is 0.229 e. The zero-order valence-electron chi connectivity index (χ0n) is 18.8. The zero-order valence-corrected chi connectivity index (χ0v) is 18.8. The van der Waals surface area contributed by atoms with Crippen molar-refractivity contribution in [2.45, 2.75) is 44.9 Å². The SMILES string of the molecule is O=C(N1CCCC(Cc2nccn3cccc23)CC1)C1(Cc2ccccc2)CCOCC1. The van der Waals surface area contributed by atoms with Gasteiger partial charge >= 0.3 is 0 Å². The summed E-state index contributed by atoms with van der Waals surface area (Å²) in [5.41, 5.74) is 3.31. The monoisotopic (exact) mass is 431 g/mol. The minimum atomic E-state index is -0.321. The zero-order chi connectivity index (χ0) is 21.8. The molecule has 0 spiro atoms. The summed E-state index contributed by atoms with van der Waals surface area (Å²) in [5.74, 6) is 0.915. The number of carbonyl (C=O) groups is 1. The van der Waals surface area contributed by atoms with E-state index in [0.29, 0.717) is 25.0 Å². The minimum absolute atomic E-state index is 0.321.